The summed E-state index contributed by atoms with van der Waals surface area (Å²) in [6.07, 6.45) is 15.5. The second-order valence-corrected chi connectivity index (χ2v) is 5.12. The normalized spacial score (nSPS) is 5.09. The second kappa shape index (κ2) is 207. The van der Waals surface area contributed by atoms with Gasteiger partial charge in [-0.15, -0.1) is 0 Å². The van der Waals surface area contributed by atoms with Crippen LogP contribution in [0.15, 0.2) is 0 Å². The molecule has 33 heavy (non-hydrogen) atoms. The van der Waals surface area contributed by atoms with Crippen molar-refractivity contribution in [2.45, 2.75) is 178 Å². The molecule has 233 valence electrons. The van der Waals surface area contributed by atoms with Gasteiger partial charge in [0.15, 0.2) is 0 Å². The molecule has 0 atom stereocenters. The van der Waals surface area contributed by atoms with Gasteiger partial charge in [0.25, 0.3) is 0 Å². The molecule has 0 aromatic carbocycles. The van der Waals surface area contributed by atoms with Crippen LogP contribution in [0.5, 0.6) is 0 Å². The van der Waals surface area contributed by atoms with Crippen molar-refractivity contribution < 1.29 is 20.1 Å². The third-order valence-electron chi connectivity index (χ3n) is 2.62. The van der Waals surface area contributed by atoms with E-state index in [0.717, 1.165) is 12.8 Å². The van der Waals surface area contributed by atoms with E-state index in [1.165, 1.54) is 64.2 Å². The van der Waals surface area contributed by atoms with Crippen molar-refractivity contribution in [3.05, 3.63) is 26.1 Å². The van der Waals surface area contributed by atoms with Crippen molar-refractivity contribution in [1.29, 1.82) is 0 Å². The Morgan fingerprint density at radius 2 is 0.485 bits per heavy atom. The van der Waals surface area contributed by atoms with E-state index in [1.54, 1.807) is 0 Å². The van der Waals surface area contributed by atoms with Crippen LogP contribution in [0.3, 0.4) is 0 Å². The largest absolute Gasteiger partial charge is 0.693 e. The van der Waals surface area contributed by atoms with Gasteiger partial charge in [0.05, 0.1) is 0 Å². The van der Waals surface area contributed by atoms with E-state index in [-0.39, 0.29) is 104 Å². The Balaban J connectivity index is -0.00000000610. The fourth-order valence-corrected chi connectivity index (χ4v) is 1.21. The van der Waals surface area contributed by atoms with Gasteiger partial charge in [-0.2, -0.15) is 12.8 Å². The Kier molecular flexibility index (Phi) is 814. The summed E-state index contributed by atoms with van der Waals surface area (Å²) in [5.74, 6) is 0. The van der Waals surface area contributed by atoms with E-state index in [9.17, 15) is 0 Å². The zero-order valence-corrected chi connectivity index (χ0v) is 21.2. The van der Waals surface area contributed by atoms with Gasteiger partial charge in [-0.1, -0.05) is 165 Å². The molecule has 0 saturated carbocycles. The first-order valence-electron chi connectivity index (χ1n) is 9.24. The molecule has 1 radical (unpaired) electrons. The fraction of sp³-hybridized carbons (Fsp3) is 0.929. The molecule has 0 unspecified atom stereocenters. The van der Waals surface area contributed by atoms with E-state index in [0.29, 0.717) is 0 Å². The van der Waals surface area contributed by atoms with Crippen molar-refractivity contribution in [3.63, 3.8) is 0 Å². The van der Waals surface area contributed by atoms with Crippen molar-refractivity contribution in [1.82, 2.24) is 12.3 Å². The molecule has 5 heteroatoms. The monoisotopic (exact) mass is 674 g/mol. The molecule has 0 bridgehead atoms. The molecule has 0 saturated heterocycles. The summed E-state index contributed by atoms with van der Waals surface area (Å²) in [6, 6.07) is 0. The summed E-state index contributed by atoms with van der Waals surface area (Å²) in [5.41, 5.74) is 0. The number of rotatable bonds is 8. The fourth-order valence-electron chi connectivity index (χ4n) is 1.21. The van der Waals surface area contributed by atoms with Crippen molar-refractivity contribution in [3.8, 4) is 0 Å². The second-order valence-electron chi connectivity index (χ2n) is 5.12. The van der Waals surface area contributed by atoms with E-state index in [4.69, 9.17) is 0 Å². The molecule has 0 aliphatic rings. The Bertz CT molecular complexity index is 77.9. The molecule has 0 aromatic rings. The summed E-state index contributed by atoms with van der Waals surface area (Å²) < 4.78 is 0. The average Bonchev–Trinajstić information content (AvgIpc) is 2.44. The minimum atomic E-state index is 0. The van der Waals surface area contributed by atoms with Crippen LogP contribution < -0.4 is 12.3 Å². The Morgan fingerprint density at radius 1 is 0.364 bits per heavy atom. The van der Waals surface area contributed by atoms with Crippen molar-refractivity contribution in [2.75, 3.05) is 0 Å². The molecule has 0 spiro atoms. The van der Waals surface area contributed by atoms with E-state index >= 15 is 0 Å². The third kappa shape index (κ3) is 419. The summed E-state index contributed by atoms with van der Waals surface area (Å²) in [5, 5.41) is 0. The Morgan fingerprint density at radius 3 is 0.485 bits per heavy atom. The van der Waals surface area contributed by atoms with Gasteiger partial charge in [-0.25, -0.2) is 0 Å². The van der Waals surface area contributed by atoms with Crippen LogP contribution in [0.1, 0.15) is 178 Å². The number of hydrogen-bond acceptors (Lipinski definition) is 2. The van der Waals surface area contributed by atoms with E-state index in [2.05, 4.69) is 55.4 Å². The predicted molar refractivity (Wildman–Crippen MR) is 175 cm³/mol. The van der Waals surface area contributed by atoms with E-state index < -0.39 is 0 Å². The smallest absolute Gasteiger partial charge is 0 e. The zero-order valence-electron chi connectivity index (χ0n) is 18.8. The zero-order chi connectivity index (χ0) is 16.5. The molecule has 4 nitrogen and oxygen atoms in total. The van der Waals surface area contributed by atoms with E-state index in [1.807, 2.05) is 0 Å². The summed E-state index contributed by atoms with van der Waals surface area (Å²) >= 11 is 0. The van der Waals surface area contributed by atoms with Gasteiger partial charge in [-0.3, -0.25) is 0 Å². The third-order valence-corrected chi connectivity index (χ3v) is 2.62. The number of unbranched alkanes of at least 4 members (excludes halogenated alkanes) is 8. The van der Waals surface area contributed by atoms with Crippen LogP contribution in [-0.2, 0) is 20.1 Å². The minimum Gasteiger partial charge on any atom is -0.693 e. The SMILES string of the molecule is C.C.C.C.C.C.C.C.CCCCC.CCCCC.N.N.[CH2-]CCCC.[CH2-]CCCC.[Ir].[NH2-].[NH2-]. The average molecular weight is 673 g/mol. The van der Waals surface area contributed by atoms with Crippen LogP contribution >= 0.6 is 0 Å². The van der Waals surface area contributed by atoms with Crippen LogP contribution in [0.2, 0.25) is 0 Å². The quantitative estimate of drug-likeness (QED) is 0.248. The predicted octanol–water partition coefficient (Wildman–Crippen LogP) is 15.3. The van der Waals surface area contributed by atoms with Gasteiger partial charge in [0.2, 0.25) is 0 Å². The Hall–Kier alpha value is 0.489. The van der Waals surface area contributed by atoms with Crippen molar-refractivity contribution in [2.24, 2.45) is 0 Å². The van der Waals surface area contributed by atoms with Gasteiger partial charge in [0.1, 0.15) is 0 Å². The maximum atomic E-state index is 3.68. The maximum absolute atomic E-state index is 3.68. The van der Waals surface area contributed by atoms with Gasteiger partial charge in [0, 0.05) is 20.1 Å². The maximum Gasteiger partial charge on any atom is 0 e. The van der Waals surface area contributed by atoms with Gasteiger partial charge in [-0.05, 0) is 0 Å². The first-order valence-corrected chi connectivity index (χ1v) is 9.24. The summed E-state index contributed by atoms with van der Waals surface area (Å²) in [4.78, 5) is 0. The molecule has 0 amide bonds. The van der Waals surface area contributed by atoms with Gasteiger partial charge < -0.3 is 38.4 Å². The summed E-state index contributed by atoms with van der Waals surface area (Å²) in [7, 11) is 0. The molecule has 0 rings (SSSR count). The number of nitrogens with two attached hydrogens (primary N) is 2. The molecule has 10 N–H and O–H groups in total. The first-order chi connectivity index (χ1) is 9.66. The Labute approximate surface area is 236 Å². The molecular formula is C28H88IrN4-4. The summed E-state index contributed by atoms with van der Waals surface area (Å²) in [6.45, 7) is 20.5. The molecule has 0 heterocycles. The van der Waals surface area contributed by atoms with Crippen molar-refractivity contribution >= 4 is 0 Å². The minimum absolute atomic E-state index is 0. The van der Waals surface area contributed by atoms with Crippen LogP contribution in [0.25, 0.3) is 12.3 Å². The van der Waals surface area contributed by atoms with Crippen LogP contribution in [0, 0.1) is 13.8 Å². The van der Waals surface area contributed by atoms with Crippen LogP contribution in [0.4, 0.5) is 0 Å². The molecule has 0 aliphatic heterocycles. The van der Waals surface area contributed by atoms with Crippen LogP contribution in [-0.4, -0.2) is 0 Å². The molecular weight excluding hydrogens is 585 g/mol. The molecule has 0 fully saturated rings. The molecule has 0 aromatic heterocycles. The molecule has 0 aliphatic carbocycles. The standard InChI is InChI=1S/2C5H12.2C5H11.8CH4.Ir.2H3N.2H2N/c4*1-3-5-4-2;;;;;;;;;;;;;/h2*3-5H2,1-2H3;2*1,3-5H2,2H3;8*1H4;;2*1H3;2*1H2/q;;2*-1;;;;;;;;;;;;2*-1. The number of hydrogen-bond donors (Lipinski definition) is 2. The van der Waals surface area contributed by atoms with Gasteiger partial charge >= 0.3 is 0 Å². The first kappa shape index (κ1) is 130. The topological polar surface area (TPSA) is 137 Å².